The topological polar surface area (TPSA) is 52.5 Å². The molecule has 0 heterocycles. The Morgan fingerprint density at radius 3 is 2.50 bits per heavy atom. The third-order valence-corrected chi connectivity index (χ3v) is 3.59. The summed E-state index contributed by atoms with van der Waals surface area (Å²) in [5.41, 5.74) is 0. The van der Waals surface area contributed by atoms with Gasteiger partial charge in [0.2, 0.25) is 0 Å². The SMILES string of the molecule is CCC(O)CCNCC(O)CC1CCCC1. The van der Waals surface area contributed by atoms with Gasteiger partial charge in [-0.3, -0.25) is 0 Å². The van der Waals surface area contributed by atoms with E-state index in [1.54, 1.807) is 0 Å². The molecular weight excluding hydrogens is 202 g/mol. The summed E-state index contributed by atoms with van der Waals surface area (Å²) in [6.45, 7) is 3.46. The number of aliphatic hydroxyl groups is 2. The Kier molecular flexibility index (Phi) is 7.01. The first-order valence-electron chi connectivity index (χ1n) is 6.79. The van der Waals surface area contributed by atoms with Gasteiger partial charge in [0.15, 0.2) is 0 Å². The van der Waals surface area contributed by atoms with Crippen LogP contribution in [0.1, 0.15) is 51.9 Å². The first kappa shape index (κ1) is 13.9. The van der Waals surface area contributed by atoms with Crippen molar-refractivity contribution >= 4 is 0 Å². The van der Waals surface area contributed by atoms with Crippen LogP contribution in [0.5, 0.6) is 0 Å². The fraction of sp³-hybridized carbons (Fsp3) is 1.00. The Bertz CT molecular complexity index is 169. The minimum absolute atomic E-state index is 0.195. The highest BCUT2D eigenvalue weighted by molar-refractivity contribution is 4.72. The molecule has 16 heavy (non-hydrogen) atoms. The molecule has 0 saturated heterocycles. The van der Waals surface area contributed by atoms with Gasteiger partial charge in [-0.25, -0.2) is 0 Å². The van der Waals surface area contributed by atoms with Gasteiger partial charge in [0.1, 0.15) is 0 Å². The summed E-state index contributed by atoms with van der Waals surface area (Å²) in [4.78, 5) is 0. The maximum atomic E-state index is 9.81. The first-order valence-corrected chi connectivity index (χ1v) is 6.79. The molecule has 3 heteroatoms. The Balaban J connectivity index is 1.95. The third kappa shape index (κ3) is 5.83. The van der Waals surface area contributed by atoms with Crippen LogP contribution in [-0.2, 0) is 0 Å². The van der Waals surface area contributed by atoms with Crippen molar-refractivity contribution in [2.45, 2.75) is 64.1 Å². The van der Waals surface area contributed by atoms with Crippen molar-refractivity contribution in [3.63, 3.8) is 0 Å². The molecule has 3 nitrogen and oxygen atoms in total. The zero-order chi connectivity index (χ0) is 11.8. The summed E-state index contributed by atoms with van der Waals surface area (Å²) in [6.07, 6.45) is 7.42. The summed E-state index contributed by atoms with van der Waals surface area (Å²) in [5.74, 6) is 0.748. The lowest BCUT2D eigenvalue weighted by molar-refractivity contribution is 0.133. The van der Waals surface area contributed by atoms with Crippen molar-refractivity contribution in [1.82, 2.24) is 5.32 Å². The summed E-state index contributed by atoms with van der Waals surface area (Å²) >= 11 is 0. The molecule has 96 valence electrons. The normalized spacial score (nSPS) is 21.2. The number of hydrogen-bond acceptors (Lipinski definition) is 3. The van der Waals surface area contributed by atoms with Crippen LogP contribution in [0.15, 0.2) is 0 Å². The number of rotatable bonds is 8. The van der Waals surface area contributed by atoms with E-state index in [4.69, 9.17) is 0 Å². The van der Waals surface area contributed by atoms with Crippen LogP contribution in [0, 0.1) is 5.92 Å². The molecule has 0 aliphatic heterocycles. The van der Waals surface area contributed by atoms with Gasteiger partial charge in [-0.2, -0.15) is 0 Å². The van der Waals surface area contributed by atoms with Gasteiger partial charge in [-0.15, -0.1) is 0 Å². The zero-order valence-corrected chi connectivity index (χ0v) is 10.5. The highest BCUT2D eigenvalue weighted by Crippen LogP contribution is 2.28. The van der Waals surface area contributed by atoms with Crippen LogP contribution in [0.3, 0.4) is 0 Å². The molecule has 0 spiro atoms. The second kappa shape index (κ2) is 8.04. The summed E-state index contributed by atoms with van der Waals surface area (Å²) in [5, 5.41) is 22.4. The molecule has 0 aromatic carbocycles. The molecule has 0 amide bonds. The lowest BCUT2D eigenvalue weighted by atomic mass is 10.00. The molecule has 1 rings (SSSR count). The molecule has 3 N–H and O–H groups in total. The molecular formula is C13H27NO2. The minimum atomic E-state index is -0.207. The largest absolute Gasteiger partial charge is 0.393 e. The lowest BCUT2D eigenvalue weighted by Gasteiger charge is -2.16. The standard InChI is InChI=1S/C13H27NO2/c1-2-12(15)7-8-14-10-13(16)9-11-5-3-4-6-11/h11-16H,2-10H2,1H3. The maximum Gasteiger partial charge on any atom is 0.0667 e. The molecule has 2 atom stereocenters. The van der Waals surface area contributed by atoms with Crippen molar-refractivity contribution in [3.05, 3.63) is 0 Å². The number of aliphatic hydroxyl groups excluding tert-OH is 2. The molecule has 1 saturated carbocycles. The van der Waals surface area contributed by atoms with E-state index in [1.807, 2.05) is 6.92 Å². The van der Waals surface area contributed by atoms with Crippen LogP contribution < -0.4 is 5.32 Å². The Labute approximate surface area is 99.3 Å². The first-order chi connectivity index (χ1) is 7.72. The fourth-order valence-corrected chi connectivity index (χ4v) is 2.46. The smallest absolute Gasteiger partial charge is 0.0667 e. The van der Waals surface area contributed by atoms with Gasteiger partial charge in [-0.05, 0) is 31.7 Å². The van der Waals surface area contributed by atoms with Crippen molar-refractivity contribution in [3.8, 4) is 0 Å². The van der Waals surface area contributed by atoms with E-state index in [-0.39, 0.29) is 12.2 Å². The van der Waals surface area contributed by atoms with E-state index in [2.05, 4.69) is 5.32 Å². The third-order valence-electron chi connectivity index (χ3n) is 3.59. The lowest BCUT2D eigenvalue weighted by Crippen LogP contribution is -2.30. The Hall–Kier alpha value is -0.120. The average molecular weight is 229 g/mol. The van der Waals surface area contributed by atoms with E-state index >= 15 is 0 Å². The number of hydrogen-bond donors (Lipinski definition) is 3. The second-order valence-electron chi connectivity index (χ2n) is 5.09. The monoisotopic (exact) mass is 229 g/mol. The molecule has 1 aliphatic rings. The summed E-state index contributed by atoms with van der Waals surface area (Å²) in [6, 6.07) is 0. The maximum absolute atomic E-state index is 9.81. The van der Waals surface area contributed by atoms with Crippen LogP contribution in [0.4, 0.5) is 0 Å². The molecule has 0 bridgehead atoms. The van der Waals surface area contributed by atoms with Crippen LogP contribution in [0.25, 0.3) is 0 Å². The molecule has 0 radical (unpaired) electrons. The van der Waals surface area contributed by atoms with Crippen LogP contribution in [-0.4, -0.2) is 35.5 Å². The van der Waals surface area contributed by atoms with Gasteiger partial charge < -0.3 is 15.5 Å². The highest BCUT2D eigenvalue weighted by Gasteiger charge is 2.18. The van der Waals surface area contributed by atoms with Gasteiger partial charge in [0.05, 0.1) is 12.2 Å². The molecule has 2 unspecified atom stereocenters. The van der Waals surface area contributed by atoms with Crippen molar-refractivity contribution in [2.24, 2.45) is 5.92 Å². The van der Waals surface area contributed by atoms with E-state index in [9.17, 15) is 10.2 Å². The van der Waals surface area contributed by atoms with E-state index in [0.717, 1.165) is 31.7 Å². The van der Waals surface area contributed by atoms with Gasteiger partial charge in [0, 0.05) is 6.54 Å². The predicted octanol–water partition coefficient (Wildman–Crippen LogP) is 1.68. The van der Waals surface area contributed by atoms with E-state index in [0.29, 0.717) is 6.54 Å². The minimum Gasteiger partial charge on any atom is -0.393 e. The van der Waals surface area contributed by atoms with Crippen LogP contribution >= 0.6 is 0 Å². The Morgan fingerprint density at radius 1 is 1.19 bits per heavy atom. The van der Waals surface area contributed by atoms with Crippen molar-refractivity contribution in [2.75, 3.05) is 13.1 Å². The molecule has 1 fully saturated rings. The summed E-state index contributed by atoms with van der Waals surface area (Å²) < 4.78 is 0. The molecule has 1 aliphatic carbocycles. The van der Waals surface area contributed by atoms with E-state index in [1.165, 1.54) is 25.7 Å². The fourth-order valence-electron chi connectivity index (χ4n) is 2.46. The van der Waals surface area contributed by atoms with Crippen molar-refractivity contribution in [1.29, 1.82) is 0 Å². The summed E-state index contributed by atoms with van der Waals surface area (Å²) in [7, 11) is 0. The van der Waals surface area contributed by atoms with E-state index < -0.39 is 0 Å². The van der Waals surface area contributed by atoms with Crippen LogP contribution in [0.2, 0.25) is 0 Å². The Morgan fingerprint density at radius 2 is 1.88 bits per heavy atom. The highest BCUT2D eigenvalue weighted by atomic mass is 16.3. The zero-order valence-electron chi connectivity index (χ0n) is 10.5. The molecule has 0 aromatic rings. The number of nitrogens with one attached hydrogen (secondary N) is 1. The molecule has 0 aromatic heterocycles. The van der Waals surface area contributed by atoms with Gasteiger partial charge >= 0.3 is 0 Å². The quantitative estimate of drug-likeness (QED) is 0.555. The second-order valence-corrected chi connectivity index (χ2v) is 5.09. The van der Waals surface area contributed by atoms with Gasteiger partial charge in [-0.1, -0.05) is 32.6 Å². The van der Waals surface area contributed by atoms with Gasteiger partial charge in [0.25, 0.3) is 0 Å². The average Bonchev–Trinajstić information content (AvgIpc) is 2.76. The van der Waals surface area contributed by atoms with Crippen molar-refractivity contribution < 1.29 is 10.2 Å². The predicted molar refractivity (Wildman–Crippen MR) is 66.4 cm³/mol.